The van der Waals surface area contributed by atoms with Gasteiger partial charge in [-0.3, -0.25) is 10.9 Å². The summed E-state index contributed by atoms with van der Waals surface area (Å²) >= 11 is 0. The van der Waals surface area contributed by atoms with Crippen molar-refractivity contribution in [1.29, 1.82) is 0 Å². The van der Waals surface area contributed by atoms with E-state index in [2.05, 4.69) is 10.9 Å². The minimum absolute atomic E-state index is 1.14. The molecule has 0 aliphatic carbocycles. The maximum atomic E-state index is 2.97. The molecule has 0 aromatic rings. The van der Waals surface area contributed by atoms with Gasteiger partial charge >= 0.3 is 0 Å². The van der Waals surface area contributed by atoms with Crippen molar-refractivity contribution in [2.45, 2.75) is 20.3 Å². The molecule has 44 valence electrons. The van der Waals surface area contributed by atoms with Crippen LogP contribution in [0.15, 0.2) is 0 Å². The van der Waals surface area contributed by atoms with Crippen molar-refractivity contribution >= 4 is 0 Å². The first kappa shape index (κ1) is 6.92. The Labute approximate surface area is 45.3 Å². The van der Waals surface area contributed by atoms with E-state index in [1.165, 1.54) is 6.42 Å². The van der Waals surface area contributed by atoms with E-state index in [1.807, 2.05) is 13.8 Å². The molecule has 0 amide bonds. The van der Waals surface area contributed by atoms with Gasteiger partial charge in [-0.2, -0.15) is 0 Å². The van der Waals surface area contributed by atoms with Crippen LogP contribution in [0.2, 0.25) is 0 Å². The van der Waals surface area contributed by atoms with Gasteiger partial charge in [0.25, 0.3) is 0 Å². The molecule has 1 rings (SSSR count). The lowest BCUT2D eigenvalue weighted by atomic mass is 10.5. The molecular weight excluding hydrogens is 88.1 g/mol. The average molecular weight is 102 g/mol. The summed E-state index contributed by atoms with van der Waals surface area (Å²) in [6, 6.07) is 0. The van der Waals surface area contributed by atoms with Gasteiger partial charge in [0.05, 0.1) is 0 Å². The lowest BCUT2D eigenvalue weighted by Gasteiger charge is -1.81. The average Bonchev–Trinajstić information content (AvgIpc) is 2.23. The fourth-order valence-electron chi connectivity index (χ4n) is 0.442. The monoisotopic (exact) mass is 102 g/mol. The van der Waals surface area contributed by atoms with Crippen LogP contribution in [-0.2, 0) is 0 Å². The molecule has 0 saturated carbocycles. The number of hydrazine groups is 1. The topological polar surface area (TPSA) is 24.1 Å². The van der Waals surface area contributed by atoms with Crippen molar-refractivity contribution in [3.63, 3.8) is 0 Å². The first-order chi connectivity index (χ1) is 3.50. The SMILES string of the molecule is C1CNNC1.CC. The van der Waals surface area contributed by atoms with Crippen LogP contribution >= 0.6 is 0 Å². The fraction of sp³-hybridized carbons (Fsp3) is 1.00. The van der Waals surface area contributed by atoms with Crippen molar-refractivity contribution in [1.82, 2.24) is 10.9 Å². The van der Waals surface area contributed by atoms with E-state index < -0.39 is 0 Å². The number of rotatable bonds is 0. The zero-order valence-corrected chi connectivity index (χ0v) is 5.12. The highest BCUT2D eigenvalue weighted by Gasteiger charge is 1.91. The molecule has 2 N–H and O–H groups in total. The maximum Gasteiger partial charge on any atom is 0.0112 e. The second-order valence-electron chi connectivity index (χ2n) is 1.21. The van der Waals surface area contributed by atoms with Crippen molar-refractivity contribution in [3.8, 4) is 0 Å². The van der Waals surface area contributed by atoms with E-state index in [1.54, 1.807) is 0 Å². The molecule has 1 aliphatic heterocycles. The Morgan fingerprint density at radius 1 is 1.00 bits per heavy atom. The molecule has 0 spiro atoms. The largest absolute Gasteiger partial charge is 0.258 e. The van der Waals surface area contributed by atoms with Gasteiger partial charge in [-0.1, -0.05) is 13.8 Å². The molecule has 2 nitrogen and oxygen atoms in total. The predicted octanol–water partition coefficient (Wildman–Crippen LogP) is 0.510. The Morgan fingerprint density at radius 3 is 1.57 bits per heavy atom. The Balaban J connectivity index is 0.000000162. The maximum absolute atomic E-state index is 2.97. The van der Waals surface area contributed by atoms with Crippen LogP contribution in [0.4, 0.5) is 0 Å². The molecule has 1 fully saturated rings. The van der Waals surface area contributed by atoms with Gasteiger partial charge in [-0.05, 0) is 6.42 Å². The summed E-state index contributed by atoms with van der Waals surface area (Å²) in [5.74, 6) is 0. The predicted molar refractivity (Wildman–Crippen MR) is 32.0 cm³/mol. The summed E-state index contributed by atoms with van der Waals surface area (Å²) < 4.78 is 0. The highest BCUT2D eigenvalue weighted by atomic mass is 15.4. The molecule has 2 heteroatoms. The molecule has 7 heavy (non-hydrogen) atoms. The molecule has 1 heterocycles. The van der Waals surface area contributed by atoms with Crippen LogP contribution in [0.25, 0.3) is 0 Å². The summed E-state index contributed by atoms with van der Waals surface area (Å²) in [5.41, 5.74) is 5.94. The van der Waals surface area contributed by atoms with Gasteiger partial charge in [0.2, 0.25) is 0 Å². The Bertz CT molecular complexity index is 17.7. The van der Waals surface area contributed by atoms with Crippen molar-refractivity contribution < 1.29 is 0 Å². The van der Waals surface area contributed by atoms with E-state index in [9.17, 15) is 0 Å². The van der Waals surface area contributed by atoms with Gasteiger partial charge in [0.1, 0.15) is 0 Å². The Hall–Kier alpha value is -0.0800. The van der Waals surface area contributed by atoms with E-state index in [-0.39, 0.29) is 0 Å². The zero-order valence-electron chi connectivity index (χ0n) is 5.12. The van der Waals surface area contributed by atoms with Crippen LogP contribution in [0, 0.1) is 0 Å². The third kappa shape index (κ3) is 3.76. The quantitative estimate of drug-likeness (QED) is 0.465. The summed E-state index contributed by atoms with van der Waals surface area (Å²) in [4.78, 5) is 0. The molecular formula is C5H14N2. The van der Waals surface area contributed by atoms with Crippen molar-refractivity contribution in [3.05, 3.63) is 0 Å². The highest BCUT2D eigenvalue weighted by molar-refractivity contribution is 4.51. The molecule has 0 atom stereocenters. The van der Waals surface area contributed by atoms with Crippen LogP contribution in [0.1, 0.15) is 20.3 Å². The van der Waals surface area contributed by atoms with Crippen LogP contribution in [0.5, 0.6) is 0 Å². The minimum Gasteiger partial charge on any atom is -0.258 e. The van der Waals surface area contributed by atoms with Crippen molar-refractivity contribution in [2.24, 2.45) is 0 Å². The molecule has 0 aromatic heterocycles. The van der Waals surface area contributed by atoms with Gasteiger partial charge in [-0.15, -0.1) is 0 Å². The summed E-state index contributed by atoms with van der Waals surface area (Å²) in [5, 5.41) is 0. The number of nitrogens with one attached hydrogen (secondary N) is 2. The standard InChI is InChI=1S/C3H8N2.C2H6/c1-2-4-5-3-1;1-2/h4-5H,1-3H2;1-2H3. The van der Waals surface area contributed by atoms with Gasteiger partial charge in [0.15, 0.2) is 0 Å². The highest BCUT2D eigenvalue weighted by Crippen LogP contribution is 1.74. The second-order valence-corrected chi connectivity index (χ2v) is 1.21. The van der Waals surface area contributed by atoms with E-state index in [0.29, 0.717) is 0 Å². The van der Waals surface area contributed by atoms with Gasteiger partial charge in [-0.25, -0.2) is 0 Å². The molecule has 0 radical (unpaired) electrons. The molecule has 0 bridgehead atoms. The van der Waals surface area contributed by atoms with Gasteiger partial charge < -0.3 is 0 Å². The van der Waals surface area contributed by atoms with Crippen molar-refractivity contribution in [2.75, 3.05) is 13.1 Å². The first-order valence-corrected chi connectivity index (χ1v) is 2.96. The lowest BCUT2D eigenvalue weighted by Crippen LogP contribution is -2.21. The summed E-state index contributed by atoms with van der Waals surface area (Å²) in [7, 11) is 0. The molecule has 1 saturated heterocycles. The van der Waals surface area contributed by atoms with E-state index in [4.69, 9.17) is 0 Å². The first-order valence-electron chi connectivity index (χ1n) is 2.96. The Kier molecular flexibility index (Phi) is 5.85. The van der Waals surface area contributed by atoms with Gasteiger partial charge in [0, 0.05) is 13.1 Å². The molecule has 0 unspecified atom stereocenters. The summed E-state index contributed by atoms with van der Waals surface area (Å²) in [6.07, 6.45) is 1.28. The van der Waals surface area contributed by atoms with Crippen LogP contribution < -0.4 is 10.9 Å². The normalized spacial score (nSPS) is 18.0. The second kappa shape index (κ2) is 5.92. The third-order valence-electron chi connectivity index (χ3n) is 0.729. The minimum atomic E-state index is 1.14. The lowest BCUT2D eigenvalue weighted by molar-refractivity contribution is 0.689. The van der Waals surface area contributed by atoms with E-state index >= 15 is 0 Å². The Morgan fingerprint density at radius 2 is 1.43 bits per heavy atom. The number of hydrogen-bond donors (Lipinski definition) is 2. The third-order valence-corrected chi connectivity index (χ3v) is 0.729. The summed E-state index contributed by atoms with van der Waals surface area (Å²) in [6.45, 7) is 6.28. The van der Waals surface area contributed by atoms with Crippen LogP contribution in [0.3, 0.4) is 0 Å². The fourth-order valence-corrected chi connectivity index (χ4v) is 0.442. The van der Waals surface area contributed by atoms with Crippen LogP contribution in [-0.4, -0.2) is 13.1 Å². The molecule has 1 aliphatic rings. The zero-order chi connectivity index (χ0) is 5.54. The number of hydrogen-bond acceptors (Lipinski definition) is 2. The van der Waals surface area contributed by atoms with E-state index in [0.717, 1.165) is 13.1 Å². The molecule has 0 aromatic carbocycles. The smallest absolute Gasteiger partial charge is 0.0112 e.